The van der Waals surface area contributed by atoms with Gasteiger partial charge >= 0.3 is 0 Å². The minimum absolute atomic E-state index is 0.575. The molecule has 0 spiro atoms. The summed E-state index contributed by atoms with van der Waals surface area (Å²) >= 11 is 0. The van der Waals surface area contributed by atoms with Crippen molar-refractivity contribution in [3.63, 3.8) is 0 Å². The first-order valence-electron chi connectivity index (χ1n) is 4.14. The van der Waals surface area contributed by atoms with Gasteiger partial charge in [0.2, 0.25) is 0 Å². The normalized spacial score (nSPS) is 42.8. The molecule has 3 saturated carbocycles. The third-order valence-corrected chi connectivity index (χ3v) is 3.58. The predicted octanol–water partition coefficient (Wildman–Crippen LogP) is 2.81. The summed E-state index contributed by atoms with van der Waals surface area (Å²) in [6.07, 6.45) is 5.01. The summed E-state index contributed by atoms with van der Waals surface area (Å²) < 4.78 is 0. The van der Waals surface area contributed by atoms with Gasteiger partial charge in [-0.25, -0.2) is 0 Å². The fourth-order valence-corrected chi connectivity index (χ4v) is 2.48. The van der Waals surface area contributed by atoms with Gasteiger partial charge in [-0.1, -0.05) is 26.0 Å². The standard InChI is InChI=1S/C10H15/c1-7-4-5-8-6-9(7)10(8,2)3/h4,8-9H,1,5-6H2,2-3H3/t8-,9-/m1/s1. The molecule has 0 saturated heterocycles. The van der Waals surface area contributed by atoms with Crippen LogP contribution in [0.4, 0.5) is 0 Å². The van der Waals surface area contributed by atoms with Crippen LogP contribution < -0.4 is 0 Å². The number of fused-ring (bicyclic) bond motifs is 2. The van der Waals surface area contributed by atoms with E-state index in [1.165, 1.54) is 18.4 Å². The van der Waals surface area contributed by atoms with E-state index in [9.17, 15) is 0 Å². The zero-order chi connectivity index (χ0) is 7.35. The van der Waals surface area contributed by atoms with Crippen molar-refractivity contribution in [3.05, 3.63) is 18.6 Å². The first-order valence-corrected chi connectivity index (χ1v) is 4.14. The van der Waals surface area contributed by atoms with E-state index >= 15 is 0 Å². The van der Waals surface area contributed by atoms with E-state index in [0.717, 1.165) is 11.8 Å². The van der Waals surface area contributed by atoms with E-state index in [-0.39, 0.29) is 0 Å². The maximum absolute atomic E-state index is 4.07. The lowest BCUT2D eigenvalue weighted by molar-refractivity contribution is -0.0124. The molecule has 1 radical (unpaired) electrons. The van der Waals surface area contributed by atoms with E-state index in [2.05, 4.69) is 26.8 Å². The van der Waals surface area contributed by atoms with Gasteiger partial charge in [0.05, 0.1) is 0 Å². The Kier molecular flexibility index (Phi) is 1.07. The van der Waals surface area contributed by atoms with Gasteiger partial charge in [0.15, 0.2) is 0 Å². The molecule has 3 fully saturated rings. The average molecular weight is 135 g/mol. The first kappa shape index (κ1) is 6.45. The second kappa shape index (κ2) is 1.66. The molecule has 3 aliphatic carbocycles. The number of rotatable bonds is 0. The summed E-state index contributed by atoms with van der Waals surface area (Å²) in [4.78, 5) is 0. The van der Waals surface area contributed by atoms with Crippen LogP contribution in [0.5, 0.6) is 0 Å². The summed E-state index contributed by atoms with van der Waals surface area (Å²) in [5, 5.41) is 0. The van der Waals surface area contributed by atoms with Crippen LogP contribution in [0.1, 0.15) is 26.7 Å². The quantitative estimate of drug-likeness (QED) is 0.479. The third-order valence-electron chi connectivity index (χ3n) is 3.58. The van der Waals surface area contributed by atoms with Crippen LogP contribution in [-0.2, 0) is 0 Å². The Morgan fingerprint density at radius 2 is 2.30 bits per heavy atom. The van der Waals surface area contributed by atoms with Crippen molar-refractivity contribution >= 4 is 0 Å². The lowest BCUT2D eigenvalue weighted by atomic mass is 9.47. The Morgan fingerprint density at radius 3 is 2.60 bits per heavy atom. The number of hydrogen-bond donors (Lipinski definition) is 0. The van der Waals surface area contributed by atoms with Gasteiger partial charge in [-0.05, 0) is 36.5 Å². The van der Waals surface area contributed by atoms with Crippen molar-refractivity contribution in [2.24, 2.45) is 17.3 Å². The van der Waals surface area contributed by atoms with E-state index in [4.69, 9.17) is 0 Å². The Hall–Kier alpha value is -0.260. The number of hydrogen-bond acceptors (Lipinski definition) is 0. The van der Waals surface area contributed by atoms with Gasteiger partial charge in [0.1, 0.15) is 0 Å². The van der Waals surface area contributed by atoms with Gasteiger partial charge in [-0.2, -0.15) is 0 Å². The van der Waals surface area contributed by atoms with Gasteiger partial charge in [-0.15, -0.1) is 0 Å². The molecule has 10 heavy (non-hydrogen) atoms. The molecule has 3 aliphatic rings. The van der Waals surface area contributed by atoms with Crippen molar-refractivity contribution in [1.29, 1.82) is 0 Å². The van der Waals surface area contributed by atoms with Crippen molar-refractivity contribution in [2.75, 3.05) is 0 Å². The summed E-state index contributed by atoms with van der Waals surface area (Å²) in [6, 6.07) is 0. The monoisotopic (exact) mass is 135 g/mol. The van der Waals surface area contributed by atoms with Gasteiger partial charge < -0.3 is 0 Å². The van der Waals surface area contributed by atoms with Gasteiger partial charge in [0.25, 0.3) is 0 Å². The lowest BCUT2D eigenvalue weighted by Gasteiger charge is -2.57. The molecule has 0 nitrogen and oxygen atoms in total. The zero-order valence-corrected chi connectivity index (χ0v) is 6.85. The van der Waals surface area contributed by atoms with Crippen molar-refractivity contribution in [3.8, 4) is 0 Å². The SMILES string of the molecule is C=C1[CH]C[C@@H]2C[C@H]1C2(C)C. The largest absolute Gasteiger partial charge is 0.0993 e. The van der Waals surface area contributed by atoms with Gasteiger partial charge in [-0.3, -0.25) is 0 Å². The van der Waals surface area contributed by atoms with E-state index in [1.54, 1.807) is 0 Å². The van der Waals surface area contributed by atoms with Crippen LogP contribution in [0.3, 0.4) is 0 Å². The van der Waals surface area contributed by atoms with Crippen LogP contribution >= 0.6 is 0 Å². The van der Waals surface area contributed by atoms with E-state index in [0.29, 0.717) is 5.41 Å². The fourth-order valence-electron chi connectivity index (χ4n) is 2.48. The predicted molar refractivity (Wildman–Crippen MR) is 43.4 cm³/mol. The summed E-state index contributed by atoms with van der Waals surface area (Å²) in [6.45, 7) is 8.83. The van der Waals surface area contributed by atoms with E-state index < -0.39 is 0 Å². The molecule has 0 aromatic heterocycles. The molecule has 0 unspecified atom stereocenters. The number of allylic oxidation sites excluding steroid dienone is 1. The second-order valence-electron chi connectivity index (χ2n) is 4.32. The molecule has 0 amide bonds. The molecule has 0 heterocycles. The maximum atomic E-state index is 4.07. The molecule has 3 rings (SSSR count). The van der Waals surface area contributed by atoms with E-state index in [1.807, 2.05) is 0 Å². The Morgan fingerprint density at radius 1 is 1.60 bits per heavy atom. The highest BCUT2D eigenvalue weighted by molar-refractivity contribution is 5.26. The first-order chi connectivity index (χ1) is 4.62. The molecule has 0 aliphatic heterocycles. The highest BCUT2D eigenvalue weighted by Crippen LogP contribution is 2.60. The lowest BCUT2D eigenvalue weighted by Crippen LogP contribution is -2.49. The van der Waals surface area contributed by atoms with Crippen LogP contribution in [0.2, 0.25) is 0 Å². The Balaban J connectivity index is 2.23. The van der Waals surface area contributed by atoms with Gasteiger partial charge in [0, 0.05) is 0 Å². The zero-order valence-electron chi connectivity index (χ0n) is 6.85. The van der Waals surface area contributed by atoms with Crippen LogP contribution in [0.15, 0.2) is 12.2 Å². The van der Waals surface area contributed by atoms with Crippen LogP contribution in [0, 0.1) is 23.7 Å². The molecule has 0 aromatic carbocycles. The molecule has 0 heteroatoms. The highest BCUT2D eigenvalue weighted by atomic mass is 14.6. The molecule has 0 aromatic rings. The minimum atomic E-state index is 0.575. The average Bonchev–Trinajstić information content (AvgIpc) is 1.87. The Bertz CT molecular complexity index is 174. The molecule has 2 atom stereocenters. The summed E-state index contributed by atoms with van der Waals surface area (Å²) in [5.74, 6) is 1.77. The Labute approximate surface area is 63.3 Å². The van der Waals surface area contributed by atoms with Crippen molar-refractivity contribution < 1.29 is 0 Å². The summed E-state index contributed by atoms with van der Waals surface area (Å²) in [5.41, 5.74) is 1.97. The summed E-state index contributed by atoms with van der Waals surface area (Å²) in [7, 11) is 0. The highest BCUT2D eigenvalue weighted by Gasteiger charge is 2.51. The van der Waals surface area contributed by atoms with Crippen molar-refractivity contribution in [2.45, 2.75) is 26.7 Å². The molecular formula is C10H15. The molecular weight excluding hydrogens is 120 g/mol. The molecule has 2 bridgehead atoms. The molecule has 0 N–H and O–H groups in total. The fraction of sp³-hybridized carbons (Fsp3) is 0.700. The maximum Gasteiger partial charge on any atom is -0.0134 e. The molecule has 55 valence electrons. The topological polar surface area (TPSA) is 0 Å². The van der Waals surface area contributed by atoms with Crippen LogP contribution in [0.25, 0.3) is 0 Å². The van der Waals surface area contributed by atoms with Crippen LogP contribution in [-0.4, -0.2) is 0 Å². The minimum Gasteiger partial charge on any atom is -0.0993 e. The second-order valence-corrected chi connectivity index (χ2v) is 4.32. The smallest absolute Gasteiger partial charge is 0.0134 e. The third kappa shape index (κ3) is 0.574. The van der Waals surface area contributed by atoms with Crippen molar-refractivity contribution in [1.82, 2.24) is 0 Å².